The number of aliphatic hydroxyl groups is 1. The van der Waals surface area contributed by atoms with Crippen molar-refractivity contribution >= 4 is 11.6 Å². The minimum atomic E-state index is -0.564. The molecule has 6 heteroatoms. The zero-order valence-corrected chi connectivity index (χ0v) is 13.9. The van der Waals surface area contributed by atoms with Crippen LogP contribution in [0.25, 0.3) is 0 Å². The van der Waals surface area contributed by atoms with Gasteiger partial charge in [-0.15, -0.1) is 0 Å². The van der Waals surface area contributed by atoms with Gasteiger partial charge in [0.25, 0.3) is 0 Å². The number of hydrogen-bond acceptors (Lipinski definition) is 4. The van der Waals surface area contributed by atoms with Crippen molar-refractivity contribution in [3.8, 4) is 5.75 Å². The van der Waals surface area contributed by atoms with Gasteiger partial charge in [-0.25, -0.2) is 4.98 Å². The molecule has 0 spiro atoms. The first-order valence-electron chi connectivity index (χ1n) is 7.90. The fraction of sp³-hybridized carbons (Fsp3) is 0.471. The average molecular weight is 336 g/mol. The maximum Gasteiger partial charge on any atom is 0.138 e. The highest BCUT2D eigenvalue weighted by atomic mass is 35.5. The second-order valence-electron chi connectivity index (χ2n) is 6.23. The van der Waals surface area contributed by atoms with Gasteiger partial charge in [-0.05, 0) is 25.5 Å². The van der Waals surface area contributed by atoms with Crippen LogP contribution in [0.15, 0.2) is 30.6 Å². The summed E-state index contributed by atoms with van der Waals surface area (Å²) in [5.41, 5.74) is 0.824. The summed E-state index contributed by atoms with van der Waals surface area (Å²) in [6.07, 6.45) is 5.00. The Hall–Kier alpha value is -1.56. The van der Waals surface area contributed by atoms with Crippen LogP contribution in [0.2, 0.25) is 5.02 Å². The van der Waals surface area contributed by atoms with Crippen LogP contribution in [0.1, 0.15) is 30.3 Å². The first kappa shape index (κ1) is 16.3. The predicted molar refractivity (Wildman–Crippen MR) is 89.3 cm³/mol. The van der Waals surface area contributed by atoms with Crippen molar-refractivity contribution in [3.05, 3.63) is 47.0 Å². The lowest BCUT2D eigenvalue weighted by molar-refractivity contribution is 0.0403. The highest BCUT2D eigenvalue weighted by Gasteiger charge is 2.29. The maximum absolute atomic E-state index is 10.6. The predicted octanol–water partition coefficient (Wildman–Crippen LogP) is 2.72. The molecule has 2 N–H and O–H groups in total. The molecule has 1 fully saturated rings. The summed E-state index contributed by atoms with van der Waals surface area (Å²) in [6, 6.07) is 5.42. The Kier molecular flexibility index (Phi) is 4.90. The van der Waals surface area contributed by atoms with Crippen molar-refractivity contribution in [3.63, 3.8) is 0 Å². The molecule has 2 unspecified atom stereocenters. The van der Waals surface area contributed by atoms with Crippen molar-refractivity contribution < 1.29 is 10.2 Å². The van der Waals surface area contributed by atoms with Crippen molar-refractivity contribution in [2.24, 2.45) is 13.0 Å². The molecule has 1 aromatic carbocycles. The van der Waals surface area contributed by atoms with Crippen LogP contribution in [0.5, 0.6) is 5.75 Å². The van der Waals surface area contributed by atoms with Gasteiger partial charge in [0.1, 0.15) is 17.7 Å². The van der Waals surface area contributed by atoms with E-state index in [0.29, 0.717) is 17.4 Å². The topological polar surface area (TPSA) is 61.5 Å². The molecule has 0 bridgehead atoms. The molecule has 2 atom stereocenters. The Balaban J connectivity index is 1.69. The minimum absolute atomic E-state index is 0.145. The number of nitrogens with zero attached hydrogens (tertiary/aromatic N) is 3. The van der Waals surface area contributed by atoms with E-state index < -0.39 is 6.10 Å². The third-order valence-corrected chi connectivity index (χ3v) is 4.88. The van der Waals surface area contributed by atoms with Crippen molar-refractivity contribution in [2.45, 2.75) is 25.5 Å². The molecule has 0 saturated carbocycles. The zero-order valence-electron chi connectivity index (χ0n) is 13.2. The van der Waals surface area contributed by atoms with E-state index in [-0.39, 0.29) is 11.7 Å². The number of benzene rings is 1. The Morgan fingerprint density at radius 2 is 2.26 bits per heavy atom. The SMILES string of the molecule is Cn1ccnc1C(O)C1CCCN(Cc2cccc(Cl)c2O)C1. The molecule has 124 valence electrons. The second kappa shape index (κ2) is 6.91. The number of rotatable bonds is 4. The Morgan fingerprint density at radius 1 is 1.43 bits per heavy atom. The monoisotopic (exact) mass is 335 g/mol. The van der Waals surface area contributed by atoms with Gasteiger partial charge in [0.15, 0.2) is 0 Å². The number of para-hydroxylation sites is 1. The average Bonchev–Trinajstić information content (AvgIpc) is 2.97. The summed E-state index contributed by atoms with van der Waals surface area (Å²) in [7, 11) is 1.90. The van der Waals surface area contributed by atoms with Gasteiger partial charge in [0, 0.05) is 44.0 Å². The van der Waals surface area contributed by atoms with Crippen LogP contribution >= 0.6 is 11.6 Å². The lowest BCUT2D eigenvalue weighted by atomic mass is 9.91. The van der Waals surface area contributed by atoms with Crippen LogP contribution in [0, 0.1) is 5.92 Å². The van der Waals surface area contributed by atoms with Gasteiger partial charge < -0.3 is 14.8 Å². The van der Waals surface area contributed by atoms with Crippen LogP contribution in [0.4, 0.5) is 0 Å². The number of aliphatic hydroxyl groups excluding tert-OH is 1. The summed E-state index contributed by atoms with van der Waals surface area (Å²) < 4.78 is 1.87. The highest BCUT2D eigenvalue weighted by Crippen LogP contribution is 2.32. The van der Waals surface area contributed by atoms with Gasteiger partial charge in [0.2, 0.25) is 0 Å². The Bertz CT molecular complexity index is 674. The van der Waals surface area contributed by atoms with E-state index in [9.17, 15) is 10.2 Å². The van der Waals surface area contributed by atoms with E-state index in [0.717, 1.165) is 31.5 Å². The number of aromatic nitrogens is 2. The quantitative estimate of drug-likeness (QED) is 0.902. The van der Waals surface area contributed by atoms with E-state index in [1.165, 1.54) is 0 Å². The zero-order chi connectivity index (χ0) is 16.4. The van der Waals surface area contributed by atoms with Crippen molar-refractivity contribution in [2.75, 3.05) is 13.1 Å². The molecule has 1 aromatic heterocycles. The molecule has 23 heavy (non-hydrogen) atoms. The molecule has 3 rings (SSSR count). The number of piperidine rings is 1. The lowest BCUT2D eigenvalue weighted by Crippen LogP contribution is -2.37. The molecule has 1 aliphatic rings. The third-order valence-electron chi connectivity index (χ3n) is 4.58. The molecular formula is C17H22ClN3O2. The van der Waals surface area contributed by atoms with E-state index in [2.05, 4.69) is 9.88 Å². The van der Waals surface area contributed by atoms with E-state index >= 15 is 0 Å². The molecular weight excluding hydrogens is 314 g/mol. The number of imidazole rings is 1. The van der Waals surface area contributed by atoms with Crippen molar-refractivity contribution in [1.82, 2.24) is 14.5 Å². The number of phenols is 1. The second-order valence-corrected chi connectivity index (χ2v) is 6.63. The van der Waals surface area contributed by atoms with Crippen molar-refractivity contribution in [1.29, 1.82) is 0 Å². The van der Waals surface area contributed by atoms with Gasteiger partial charge >= 0.3 is 0 Å². The van der Waals surface area contributed by atoms with Crippen LogP contribution < -0.4 is 0 Å². The maximum atomic E-state index is 10.6. The normalized spacial score (nSPS) is 20.6. The summed E-state index contributed by atoms with van der Waals surface area (Å²) >= 11 is 5.98. The molecule has 0 aliphatic carbocycles. The number of phenolic OH excluding ortho intramolecular Hbond substituents is 1. The largest absolute Gasteiger partial charge is 0.506 e. The molecule has 5 nitrogen and oxygen atoms in total. The minimum Gasteiger partial charge on any atom is -0.506 e. The van der Waals surface area contributed by atoms with Gasteiger partial charge in [0.05, 0.1) is 5.02 Å². The smallest absolute Gasteiger partial charge is 0.138 e. The lowest BCUT2D eigenvalue weighted by Gasteiger charge is -2.35. The number of hydrogen-bond donors (Lipinski definition) is 2. The first-order chi connectivity index (χ1) is 11.1. The molecule has 1 saturated heterocycles. The van der Waals surface area contributed by atoms with E-state index in [4.69, 9.17) is 11.6 Å². The Labute approximate surface area is 141 Å². The fourth-order valence-electron chi connectivity index (χ4n) is 3.29. The number of aromatic hydroxyl groups is 1. The summed E-state index contributed by atoms with van der Waals surface area (Å²) in [4.78, 5) is 6.52. The summed E-state index contributed by atoms with van der Waals surface area (Å²) in [5.74, 6) is 1.01. The number of likely N-dealkylation sites (tertiary alicyclic amines) is 1. The summed E-state index contributed by atoms with van der Waals surface area (Å²) in [6.45, 7) is 2.37. The van der Waals surface area contributed by atoms with Crippen LogP contribution in [0.3, 0.4) is 0 Å². The number of aryl methyl sites for hydroxylation is 1. The molecule has 0 amide bonds. The van der Waals surface area contributed by atoms with E-state index in [1.54, 1.807) is 12.3 Å². The highest BCUT2D eigenvalue weighted by molar-refractivity contribution is 6.32. The van der Waals surface area contributed by atoms with Crippen LogP contribution in [-0.2, 0) is 13.6 Å². The first-order valence-corrected chi connectivity index (χ1v) is 8.28. The summed E-state index contributed by atoms with van der Waals surface area (Å²) in [5, 5.41) is 21.1. The molecule has 0 radical (unpaired) electrons. The number of halogens is 1. The van der Waals surface area contributed by atoms with Gasteiger partial charge in [-0.1, -0.05) is 23.7 Å². The third kappa shape index (κ3) is 3.52. The molecule has 2 heterocycles. The molecule has 1 aliphatic heterocycles. The Morgan fingerprint density at radius 3 is 3.00 bits per heavy atom. The van der Waals surface area contributed by atoms with Gasteiger partial charge in [-0.2, -0.15) is 0 Å². The fourth-order valence-corrected chi connectivity index (χ4v) is 3.49. The van der Waals surface area contributed by atoms with E-state index in [1.807, 2.05) is 29.9 Å². The molecule has 2 aromatic rings. The van der Waals surface area contributed by atoms with Gasteiger partial charge in [-0.3, -0.25) is 4.90 Å². The standard InChI is InChI=1S/C17H22ClN3O2/c1-20-9-7-19-17(20)16(23)13-5-3-8-21(11-13)10-12-4-2-6-14(18)15(12)22/h2,4,6-7,9,13,16,22-23H,3,5,8,10-11H2,1H3. The van der Waals surface area contributed by atoms with Crippen LogP contribution in [-0.4, -0.2) is 37.8 Å².